The van der Waals surface area contributed by atoms with Crippen molar-refractivity contribution in [1.29, 1.82) is 0 Å². The van der Waals surface area contributed by atoms with E-state index in [1.54, 1.807) is 6.08 Å². The van der Waals surface area contributed by atoms with Crippen molar-refractivity contribution >= 4 is 23.6 Å². The fourth-order valence-electron chi connectivity index (χ4n) is 2.18. The smallest absolute Gasteiger partial charge is 0.265 e. The zero-order valence-electron chi connectivity index (χ0n) is 10.4. The molecule has 1 aromatic carbocycles. The molecule has 18 heavy (non-hydrogen) atoms. The first-order chi connectivity index (χ1) is 8.77. The Morgan fingerprint density at radius 2 is 1.67 bits per heavy atom. The van der Waals surface area contributed by atoms with Gasteiger partial charge in [-0.25, -0.2) is 0 Å². The van der Waals surface area contributed by atoms with Crippen molar-refractivity contribution in [3.8, 4) is 0 Å². The summed E-state index contributed by atoms with van der Waals surface area (Å²) in [6.07, 6.45) is 6.34. The lowest BCUT2D eigenvalue weighted by atomic mass is 10.2. The van der Waals surface area contributed by atoms with Crippen LogP contribution in [0.25, 0.3) is 6.08 Å². The number of benzene rings is 1. The van der Waals surface area contributed by atoms with Crippen LogP contribution < -0.4 is 0 Å². The molecular formula is C15H18ClNO. The molecule has 1 amide bonds. The molecule has 0 saturated carbocycles. The Labute approximate surface area is 113 Å². The van der Waals surface area contributed by atoms with Crippen molar-refractivity contribution in [2.45, 2.75) is 25.7 Å². The molecule has 0 N–H and O–H groups in total. The second-order valence-electron chi connectivity index (χ2n) is 4.61. The Morgan fingerprint density at radius 3 is 2.28 bits per heavy atom. The molecule has 0 radical (unpaired) electrons. The fourth-order valence-corrected chi connectivity index (χ4v) is 2.43. The van der Waals surface area contributed by atoms with E-state index in [1.165, 1.54) is 12.8 Å². The number of likely N-dealkylation sites (tertiary alicyclic amines) is 1. The minimum absolute atomic E-state index is 0.0394. The van der Waals surface area contributed by atoms with Gasteiger partial charge in [0, 0.05) is 13.1 Å². The zero-order valence-corrected chi connectivity index (χ0v) is 11.2. The standard InChI is InChI=1S/C15H18ClNO/c16-14(12-13-8-4-3-5-9-13)15(18)17-10-6-1-2-7-11-17/h3-5,8-9,12H,1-2,6-7,10-11H2/b14-12-. The molecule has 2 rings (SSSR count). The average Bonchev–Trinajstić information content (AvgIpc) is 2.68. The molecule has 0 aliphatic carbocycles. The van der Waals surface area contributed by atoms with Crippen molar-refractivity contribution < 1.29 is 4.79 Å². The monoisotopic (exact) mass is 263 g/mol. The van der Waals surface area contributed by atoms with Crippen LogP contribution in [0.15, 0.2) is 35.4 Å². The summed E-state index contributed by atoms with van der Waals surface area (Å²) in [6, 6.07) is 9.71. The summed E-state index contributed by atoms with van der Waals surface area (Å²) in [6.45, 7) is 1.66. The maximum Gasteiger partial charge on any atom is 0.265 e. The predicted molar refractivity (Wildman–Crippen MR) is 75.3 cm³/mol. The first kappa shape index (κ1) is 13.2. The molecule has 0 atom stereocenters. The lowest BCUT2D eigenvalue weighted by Gasteiger charge is -2.19. The molecule has 0 spiro atoms. The largest absolute Gasteiger partial charge is 0.338 e. The normalized spacial score (nSPS) is 17.4. The summed E-state index contributed by atoms with van der Waals surface area (Å²) in [7, 11) is 0. The maximum absolute atomic E-state index is 12.2. The van der Waals surface area contributed by atoms with E-state index in [1.807, 2.05) is 35.2 Å². The van der Waals surface area contributed by atoms with Gasteiger partial charge in [0.15, 0.2) is 0 Å². The predicted octanol–water partition coefficient (Wildman–Crippen LogP) is 3.67. The summed E-state index contributed by atoms with van der Waals surface area (Å²) < 4.78 is 0. The van der Waals surface area contributed by atoms with Gasteiger partial charge in [0.2, 0.25) is 0 Å². The van der Waals surface area contributed by atoms with Crippen LogP contribution in [-0.2, 0) is 4.79 Å². The molecule has 1 heterocycles. The Kier molecular flexibility index (Phi) is 4.82. The van der Waals surface area contributed by atoms with Crippen LogP contribution >= 0.6 is 11.6 Å². The Hall–Kier alpha value is -1.28. The van der Waals surface area contributed by atoms with Gasteiger partial charge in [-0.3, -0.25) is 4.79 Å². The van der Waals surface area contributed by atoms with E-state index in [0.717, 1.165) is 31.5 Å². The van der Waals surface area contributed by atoms with Crippen LogP contribution in [0.4, 0.5) is 0 Å². The zero-order chi connectivity index (χ0) is 12.8. The highest BCUT2D eigenvalue weighted by atomic mass is 35.5. The van der Waals surface area contributed by atoms with Crippen LogP contribution in [0.3, 0.4) is 0 Å². The lowest BCUT2D eigenvalue weighted by Crippen LogP contribution is -2.31. The number of carbonyl (C=O) groups excluding carboxylic acids is 1. The van der Waals surface area contributed by atoms with Crippen LogP contribution in [0.1, 0.15) is 31.2 Å². The van der Waals surface area contributed by atoms with Crippen molar-refractivity contribution in [2.24, 2.45) is 0 Å². The van der Waals surface area contributed by atoms with Crippen LogP contribution in [0, 0.1) is 0 Å². The number of halogens is 1. The summed E-state index contributed by atoms with van der Waals surface area (Å²) in [5.41, 5.74) is 0.964. The highest BCUT2D eigenvalue weighted by Gasteiger charge is 2.17. The van der Waals surface area contributed by atoms with Crippen LogP contribution in [0.5, 0.6) is 0 Å². The number of hydrogen-bond donors (Lipinski definition) is 0. The molecule has 1 fully saturated rings. The van der Waals surface area contributed by atoms with E-state index in [9.17, 15) is 4.79 Å². The molecule has 1 aliphatic heterocycles. The Balaban J connectivity index is 2.05. The number of amides is 1. The van der Waals surface area contributed by atoms with Crippen molar-refractivity contribution in [3.63, 3.8) is 0 Å². The second kappa shape index (κ2) is 6.60. The van der Waals surface area contributed by atoms with E-state index in [2.05, 4.69) is 0 Å². The summed E-state index contributed by atoms with van der Waals surface area (Å²) in [4.78, 5) is 14.1. The quantitative estimate of drug-likeness (QED) is 0.746. The molecular weight excluding hydrogens is 246 g/mol. The molecule has 0 unspecified atom stereocenters. The minimum Gasteiger partial charge on any atom is -0.338 e. The van der Waals surface area contributed by atoms with E-state index >= 15 is 0 Å². The first-order valence-electron chi connectivity index (χ1n) is 6.49. The lowest BCUT2D eigenvalue weighted by molar-refractivity contribution is -0.126. The second-order valence-corrected chi connectivity index (χ2v) is 5.02. The Morgan fingerprint density at radius 1 is 1.06 bits per heavy atom. The maximum atomic E-state index is 12.2. The molecule has 96 valence electrons. The highest BCUT2D eigenvalue weighted by molar-refractivity contribution is 6.44. The third-order valence-electron chi connectivity index (χ3n) is 3.19. The summed E-state index contributed by atoms with van der Waals surface area (Å²) in [5, 5.41) is 0.308. The van der Waals surface area contributed by atoms with E-state index < -0.39 is 0 Å². The third-order valence-corrected chi connectivity index (χ3v) is 3.46. The van der Waals surface area contributed by atoms with Gasteiger partial charge in [0.1, 0.15) is 5.03 Å². The van der Waals surface area contributed by atoms with E-state index in [4.69, 9.17) is 11.6 Å². The number of carbonyl (C=O) groups is 1. The van der Waals surface area contributed by atoms with E-state index in [-0.39, 0.29) is 5.91 Å². The third kappa shape index (κ3) is 3.61. The molecule has 3 heteroatoms. The van der Waals surface area contributed by atoms with Crippen molar-refractivity contribution in [2.75, 3.05) is 13.1 Å². The van der Waals surface area contributed by atoms with Gasteiger partial charge in [0.25, 0.3) is 5.91 Å². The van der Waals surface area contributed by atoms with E-state index in [0.29, 0.717) is 5.03 Å². The first-order valence-corrected chi connectivity index (χ1v) is 6.87. The number of hydrogen-bond acceptors (Lipinski definition) is 1. The van der Waals surface area contributed by atoms with Crippen LogP contribution in [-0.4, -0.2) is 23.9 Å². The molecule has 1 saturated heterocycles. The van der Waals surface area contributed by atoms with Gasteiger partial charge < -0.3 is 4.90 Å². The topological polar surface area (TPSA) is 20.3 Å². The SMILES string of the molecule is O=C(/C(Cl)=C/c1ccccc1)N1CCCCCC1. The van der Waals surface area contributed by atoms with Gasteiger partial charge in [-0.05, 0) is 24.5 Å². The fraction of sp³-hybridized carbons (Fsp3) is 0.400. The molecule has 1 aromatic rings. The minimum atomic E-state index is -0.0394. The van der Waals surface area contributed by atoms with Crippen molar-refractivity contribution in [3.05, 3.63) is 40.9 Å². The number of rotatable bonds is 2. The van der Waals surface area contributed by atoms with Gasteiger partial charge in [-0.2, -0.15) is 0 Å². The highest BCUT2D eigenvalue weighted by Crippen LogP contribution is 2.16. The summed E-state index contributed by atoms with van der Waals surface area (Å²) >= 11 is 6.12. The average molecular weight is 264 g/mol. The Bertz CT molecular complexity index is 419. The summed E-state index contributed by atoms with van der Waals surface area (Å²) in [5.74, 6) is -0.0394. The van der Waals surface area contributed by atoms with Crippen molar-refractivity contribution in [1.82, 2.24) is 4.90 Å². The molecule has 1 aliphatic rings. The number of nitrogens with zero attached hydrogens (tertiary/aromatic N) is 1. The van der Waals surface area contributed by atoms with Gasteiger partial charge in [-0.15, -0.1) is 0 Å². The van der Waals surface area contributed by atoms with Gasteiger partial charge in [0.05, 0.1) is 0 Å². The molecule has 2 nitrogen and oxygen atoms in total. The van der Waals surface area contributed by atoms with Crippen LogP contribution in [0.2, 0.25) is 0 Å². The molecule has 0 bridgehead atoms. The molecule has 0 aromatic heterocycles. The van der Waals surface area contributed by atoms with Gasteiger partial charge >= 0.3 is 0 Å². The van der Waals surface area contributed by atoms with Gasteiger partial charge in [-0.1, -0.05) is 54.8 Å².